The molecule has 1 atom stereocenters. The number of rotatable bonds is 3. The van der Waals surface area contributed by atoms with Crippen LogP contribution in [0.15, 0.2) is 24.3 Å². The first-order valence-corrected chi connectivity index (χ1v) is 8.21. The van der Waals surface area contributed by atoms with Crippen molar-refractivity contribution in [2.75, 3.05) is 5.73 Å². The Balaban J connectivity index is 0.00000208. The zero-order chi connectivity index (χ0) is 16.6. The Labute approximate surface area is 149 Å². The van der Waals surface area contributed by atoms with Gasteiger partial charge in [-0.3, -0.25) is 14.9 Å². The van der Waals surface area contributed by atoms with Crippen molar-refractivity contribution in [2.45, 2.75) is 32.2 Å². The molecule has 2 aromatic rings. The van der Waals surface area contributed by atoms with Crippen LogP contribution >= 0.6 is 23.7 Å². The number of nitrogens with one attached hydrogen (secondary N) is 1. The van der Waals surface area contributed by atoms with E-state index in [1.165, 1.54) is 6.07 Å². The minimum absolute atomic E-state index is 0. The monoisotopic (exact) mass is 367 g/mol. The highest BCUT2D eigenvalue weighted by Crippen LogP contribution is 2.32. The Hall–Kier alpha value is -2.12. The molecule has 0 aliphatic heterocycles. The molecule has 0 bridgehead atoms. The lowest BCUT2D eigenvalue weighted by Crippen LogP contribution is -2.30. The Morgan fingerprint density at radius 1 is 1.42 bits per heavy atom. The maximum Gasteiger partial charge on any atom is 0.283 e. The van der Waals surface area contributed by atoms with Crippen LogP contribution in [0.3, 0.4) is 0 Å². The molecule has 0 radical (unpaired) electrons. The van der Waals surface area contributed by atoms with Crippen molar-refractivity contribution in [3.05, 3.63) is 55.3 Å². The van der Waals surface area contributed by atoms with Crippen LogP contribution in [0, 0.1) is 17.0 Å². The maximum atomic E-state index is 12.4. The van der Waals surface area contributed by atoms with Gasteiger partial charge in [0.1, 0.15) is 0 Å². The number of nitrogens with two attached hydrogens (primary N) is 1. The van der Waals surface area contributed by atoms with Crippen LogP contribution in [0.2, 0.25) is 0 Å². The largest absolute Gasteiger partial charge is 0.399 e. The summed E-state index contributed by atoms with van der Waals surface area (Å²) in [6, 6.07) is 7.02. The second-order valence-electron chi connectivity index (χ2n) is 5.69. The fraction of sp³-hybridized carbons (Fsp3) is 0.312. The zero-order valence-electron chi connectivity index (χ0n) is 13.1. The second-order valence-corrected chi connectivity index (χ2v) is 6.94. The van der Waals surface area contributed by atoms with Gasteiger partial charge in [-0.2, -0.15) is 0 Å². The highest BCUT2D eigenvalue weighted by atomic mass is 35.5. The number of amides is 1. The minimum atomic E-state index is -0.457. The minimum Gasteiger partial charge on any atom is -0.399 e. The first-order valence-electron chi connectivity index (χ1n) is 7.39. The molecular weight excluding hydrogens is 350 g/mol. The summed E-state index contributed by atoms with van der Waals surface area (Å²) in [5.74, 6) is -0.263. The number of halogens is 1. The number of nitro groups is 1. The van der Waals surface area contributed by atoms with Crippen molar-refractivity contribution >= 4 is 41.0 Å². The average molecular weight is 368 g/mol. The first-order chi connectivity index (χ1) is 11.0. The molecule has 1 amide bonds. The molecule has 0 saturated carbocycles. The number of anilines is 1. The van der Waals surface area contributed by atoms with E-state index >= 15 is 0 Å². The van der Waals surface area contributed by atoms with Gasteiger partial charge in [0.25, 0.3) is 11.6 Å². The lowest BCUT2D eigenvalue weighted by atomic mass is 9.87. The van der Waals surface area contributed by atoms with Gasteiger partial charge >= 0.3 is 0 Å². The fourth-order valence-electron chi connectivity index (χ4n) is 2.98. The van der Waals surface area contributed by atoms with Gasteiger partial charge in [-0.15, -0.1) is 23.7 Å². The fourth-order valence-corrected chi connectivity index (χ4v) is 3.87. The van der Waals surface area contributed by atoms with E-state index in [0.717, 1.165) is 47.4 Å². The van der Waals surface area contributed by atoms with E-state index in [-0.39, 0.29) is 30.0 Å². The van der Waals surface area contributed by atoms with Crippen molar-refractivity contribution in [3.63, 3.8) is 0 Å². The molecule has 1 unspecified atom stereocenters. The van der Waals surface area contributed by atoms with E-state index in [1.807, 2.05) is 18.2 Å². The van der Waals surface area contributed by atoms with Crippen LogP contribution in [-0.2, 0) is 6.42 Å². The maximum absolute atomic E-state index is 12.4. The lowest BCUT2D eigenvalue weighted by molar-refractivity contribution is -0.385. The second kappa shape index (κ2) is 7.19. The van der Waals surface area contributed by atoms with E-state index in [2.05, 4.69) is 5.32 Å². The van der Waals surface area contributed by atoms with Crippen LogP contribution in [0.4, 0.5) is 11.4 Å². The Morgan fingerprint density at radius 3 is 2.83 bits per heavy atom. The number of thiophene rings is 1. The normalized spacial score (nSPS) is 16.0. The molecule has 6 nitrogen and oxygen atoms in total. The number of aryl methyl sites for hydroxylation is 2. The molecule has 0 fully saturated rings. The number of carbonyl (C=O) groups is 1. The summed E-state index contributed by atoms with van der Waals surface area (Å²) in [6.07, 6.45) is 2.79. The molecule has 1 aliphatic carbocycles. The number of hydrogen-bond acceptors (Lipinski definition) is 5. The molecule has 8 heteroatoms. The predicted octanol–water partition coefficient (Wildman–Crippen LogP) is 3.78. The average Bonchev–Trinajstić information content (AvgIpc) is 2.89. The first kappa shape index (κ1) is 18.2. The van der Waals surface area contributed by atoms with Gasteiger partial charge < -0.3 is 11.1 Å². The number of carbonyl (C=O) groups excluding carboxylic acids is 1. The van der Waals surface area contributed by atoms with Gasteiger partial charge in [0.05, 0.1) is 20.7 Å². The Bertz CT molecular complexity index is 791. The van der Waals surface area contributed by atoms with Gasteiger partial charge in [-0.05, 0) is 49.4 Å². The molecular formula is C16H18ClN3O3S. The smallest absolute Gasteiger partial charge is 0.283 e. The van der Waals surface area contributed by atoms with Crippen molar-refractivity contribution in [2.24, 2.45) is 0 Å². The standard InChI is InChI=1S/C16H17N3O3S.ClH/c1-9-14(19(21)22)8-15(23-9)16(20)18-13-4-2-3-10-7-11(17)5-6-12(10)13;/h5-8,13H,2-4,17H2,1H3,(H,18,20);1H. The number of fused-ring (bicyclic) bond motifs is 1. The quantitative estimate of drug-likeness (QED) is 0.490. The molecule has 1 heterocycles. The van der Waals surface area contributed by atoms with Crippen LogP contribution in [-0.4, -0.2) is 10.8 Å². The van der Waals surface area contributed by atoms with Crippen molar-refractivity contribution < 1.29 is 9.72 Å². The van der Waals surface area contributed by atoms with Gasteiger partial charge in [0.2, 0.25) is 0 Å². The Kier molecular flexibility index (Phi) is 5.46. The Morgan fingerprint density at radius 2 is 2.17 bits per heavy atom. The molecule has 3 N–H and O–H groups in total. The molecule has 1 aromatic carbocycles. The summed E-state index contributed by atoms with van der Waals surface area (Å²) in [4.78, 5) is 23.8. The third-order valence-corrected chi connectivity index (χ3v) is 5.14. The number of benzene rings is 1. The summed E-state index contributed by atoms with van der Waals surface area (Å²) >= 11 is 1.15. The van der Waals surface area contributed by atoms with Crippen LogP contribution in [0.25, 0.3) is 0 Å². The third kappa shape index (κ3) is 3.52. The van der Waals surface area contributed by atoms with Crippen molar-refractivity contribution in [3.8, 4) is 0 Å². The van der Waals surface area contributed by atoms with Crippen LogP contribution in [0.1, 0.15) is 44.6 Å². The summed E-state index contributed by atoms with van der Waals surface area (Å²) in [5, 5.41) is 13.9. The van der Waals surface area contributed by atoms with Crippen molar-refractivity contribution in [1.29, 1.82) is 0 Å². The molecule has 3 rings (SSSR count). The van der Waals surface area contributed by atoms with Gasteiger partial charge in [-0.1, -0.05) is 6.07 Å². The number of nitrogen functional groups attached to an aromatic ring is 1. The molecule has 24 heavy (non-hydrogen) atoms. The van der Waals surface area contributed by atoms with E-state index in [4.69, 9.17) is 5.73 Å². The van der Waals surface area contributed by atoms with E-state index in [0.29, 0.717) is 9.75 Å². The van der Waals surface area contributed by atoms with Gasteiger partial charge in [0.15, 0.2) is 0 Å². The zero-order valence-corrected chi connectivity index (χ0v) is 14.7. The molecule has 1 aromatic heterocycles. The summed E-state index contributed by atoms with van der Waals surface area (Å²) < 4.78 is 0. The SMILES string of the molecule is Cc1sc(C(=O)NC2CCCc3cc(N)ccc32)cc1[N+](=O)[O-].Cl. The van der Waals surface area contributed by atoms with Gasteiger partial charge in [0, 0.05) is 11.8 Å². The number of nitrogens with zero attached hydrogens (tertiary/aromatic N) is 1. The number of hydrogen-bond donors (Lipinski definition) is 2. The van der Waals surface area contributed by atoms with E-state index < -0.39 is 4.92 Å². The third-order valence-electron chi connectivity index (χ3n) is 4.10. The molecule has 0 spiro atoms. The lowest BCUT2D eigenvalue weighted by Gasteiger charge is -2.26. The highest BCUT2D eigenvalue weighted by Gasteiger charge is 2.25. The van der Waals surface area contributed by atoms with Crippen molar-refractivity contribution in [1.82, 2.24) is 5.32 Å². The predicted molar refractivity (Wildman–Crippen MR) is 97.0 cm³/mol. The summed E-state index contributed by atoms with van der Waals surface area (Å²) in [6.45, 7) is 1.65. The molecule has 1 aliphatic rings. The van der Waals surface area contributed by atoms with E-state index in [1.54, 1.807) is 6.92 Å². The summed E-state index contributed by atoms with van der Waals surface area (Å²) in [7, 11) is 0. The van der Waals surface area contributed by atoms with Crippen LogP contribution < -0.4 is 11.1 Å². The molecule has 0 saturated heterocycles. The van der Waals surface area contributed by atoms with Crippen LogP contribution in [0.5, 0.6) is 0 Å². The van der Waals surface area contributed by atoms with Gasteiger partial charge in [-0.25, -0.2) is 0 Å². The summed E-state index contributed by atoms with van der Waals surface area (Å²) in [5.41, 5.74) is 8.78. The topological polar surface area (TPSA) is 98.3 Å². The van der Waals surface area contributed by atoms with E-state index in [9.17, 15) is 14.9 Å². The highest BCUT2D eigenvalue weighted by molar-refractivity contribution is 7.14. The molecule has 128 valence electrons.